The second-order valence-electron chi connectivity index (χ2n) is 7.95. The van der Waals surface area contributed by atoms with Crippen molar-refractivity contribution in [2.24, 2.45) is 0 Å². The standard InChI is InChI=1S/C25H27NO3S2/c1-5-29-24(28)21-15(3)26-19-12-17(16-9-7-6-8-10-16)13-20(27)23(19)22(21)18-11-14(2)31-25(18)30-4/h6-11,17,22,26H,5,12-13H2,1-4H3/t17-,22-/m0/s1. The first kappa shape index (κ1) is 21.9. The molecule has 2 aromatic rings. The molecule has 0 unspecified atom stereocenters. The third kappa shape index (κ3) is 4.11. The van der Waals surface area contributed by atoms with Crippen molar-refractivity contribution in [3.8, 4) is 0 Å². The fraction of sp³-hybridized carbons (Fsp3) is 0.360. The van der Waals surface area contributed by atoms with Gasteiger partial charge in [-0.2, -0.15) is 0 Å². The Labute approximate surface area is 191 Å². The van der Waals surface area contributed by atoms with Crippen molar-refractivity contribution in [3.63, 3.8) is 0 Å². The van der Waals surface area contributed by atoms with Crippen LogP contribution in [-0.4, -0.2) is 24.6 Å². The van der Waals surface area contributed by atoms with E-state index in [0.717, 1.165) is 33.2 Å². The van der Waals surface area contributed by atoms with E-state index in [9.17, 15) is 9.59 Å². The third-order valence-electron chi connectivity index (χ3n) is 5.94. The number of aryl methyl sites for hydroxylation is 1. The summed E-state index contributed by atoms with van der Waals surface area (Å²) in [5.74, 6) is -0.482. The molecule has 4 nitrogen and oxygen atoms in total. The molecule has 6 heteroatoms. The minimum absolute atomic E-state index is 0.109. The van der Waals surface area contributed by atoms with Gasteiger partial charge in [0.05, 0.1) is 22.3 Å². The van der Waals surface area contributed by atoms with Gasteiger partial charge in [-0.05, 0) is 56.6 Å². The van der Waals surface area contributed by atoms with Crippen molar-refractivity contribution in [2.45, 2.75) is 49.7 Å². The van der Waals surface area contributed by atoms with Gasteiger partial charge in [0, 0.05) is 28.3 Å². The van der Waals surface area contributed by atoms with Crippen LogP contribution in [-0.2, 0) is 14.3 Å². The predicted molar refractivity (Wildman–Crippen MR) is 126 cm³/mol. The number of thiophene rings is 1. The van der Waals surface area contributed by atoms with Crippen LogP contribution in [0.4, 0.5) is 0 Å². The number of esters is 1. The zero-order valence-electron chi connectivity index (χ0n) is 18.3. The third-order valence-corrected chi connectivity index (χ3v) is 8.16. The van der Waals surface area contributed by atoms with Crippen LogP contribution in [0.2, 0.25) is 0 Å². The summed E-state index contributed by atoms with van der Waals surface area (Å²) in [6.07, 6.45) is 3.25. The van der Waals surface area contributed by atoms with Crippen LogP contribution in [0.1, 0.15) is 54.5 Å². The number of hydrogen-bond donors (Lipinski definition) is 1. The number of thioether (sulfide) groups is 1. The van der Waals surface area contributed by atoms with Crippen molar-refractivity contribution in [2.75, 3.05) is 12.9 Å². The van der Waals surface area contributed by atoms with Crippen molar-refractivity contribution in [1.29, 1.82) is 0 Å². The molecule has 31 heavy (non-hydrogen) atoms. The number of nitrogens with one attached hydrogen (secondary N) is 1. The largest absolute Gasteiger partial charge is 0.463 e. The number of allylic oxidation sites excluding steroid dienone is 3. The van der Waals surface area contributed by atoms with Crippen molar-refractivity contribution >= 4 is 34.9 Å². The van der Waals surface area contributed by atoms with Gasteiger partial charge in [-0.3, -0.25) is 4.79 Å². The number of ether oxygens (including phenoxy) is 1. The summed E-state index contributed by atoms with van der Waals surface area (Å²) in [6.45, 7) is 6.09. The molecule has 0 fully saturated rings. The maximum absolute atomic E-state index is 13.6. The van der Waals surface area contributed by atoms with Crippen molar-refractivity contribution < 1.29 is 14.3 Å². The zero-order chi connectivity index (χ0) is 22.1. The van der Waals surface area contributed by atoms with E-state index in [4.69, 9.17) is 4.74 Å². The van der Waals surface area contributed by atoms with Gasteiger partial charge in [-0.15, -0.1) is 23.1 Å². The summed E-state index contributed by atoms with van der Waals surface area (Å²) in [7, 11) is 0. The van der Waals surface area contributed by atoms with E-state index in [0.29, 0.717) is 18.6 Å². The van der Waals surface area contributed by atoms with E-state index in [1.807, 2.05) is 38.3 Å². The van der Waals surface area contributed by atoms with Gasteiger partial charge < -0.3 is 10.1 Å². The molecule has 0 bridgehead atoms. The number of ketones is 1. The lowest BCUT2D eigenvalue weighted by Crippen LogP contribution is -2.36. The predicted octanol–water partition coefficient (Wildman–Crippen LogP) is 5.70. The highest BCUT2D eigenvalue weighted by Crippen LogP contribution is 2.49. The van der Waals surface area contributed by atoms with Crippen LogP contribution < -0.4 is 5.32 Å². The second kappa shape index (κ2) is 9.05. The van der Waals surface area contributed by atoms with Gasteiger partial charge in [-0.1, -0.05) is 30.3 Å². The Balaban J connectivity index is 1.84. The zero-order valence-corrected chi connectivity index (χ0v) is 19.9. The average Bonchev–Trinajstić information content (AvgIpc) is 3.13. The van der Waals surface area contributed by atoms with E-state index in [2.05, 4.69) is 30.4 Å². The van der Waals surface area contributed by atoms with E-state index in [1.165, 1.54) is 10.4 Å². The Hall–Kier alpha value is -2.31. The van der Waals surface area contributed by atoms with Gasteiger partial charge in [0.1, 0.15) is 0 Å². The molecule has 2 aliphatic rings. The molecule has 0 spiro atoms. The smallest absolute Gasteiger partial charge is 0.336 e. The second-order valence-corrected chi connectivity index (χ2v) is 10.3. The molecule has 4 rings (SSSR count). The summed E-state index contributed by atoms with van der Waals surface area (Å²) < 4.78 is 6.56. The molecule has 162 valence electrons. The topological polar surface area (TPSA) is 55.4 Å². The summed E-state index contributed by atoms with van der Waals surface area (Å²) in [5.41, 5.74) is 5.22. The molecule has 1 aromatic heterocycles. The fourth-order valence-electron chi connectivity index (χ4n) is 4.66. The highest BCUT2D eigenvalue weighted by atomic mass is 32.2. The van der Waals surface area contributed by atoms with Crippen LogP contribution in [0.3, 0.4) is 0 Å². The van der Waals surface area contributed by atoms with Gasteiger partial charge in [0.15, 0.2) is 5.78 Å². The first-order valence-corrected chi connectivity index (χ1v) is 12.6. The molecule has 0 saturated heterocycles. The number of benzene rings is 1. The molecule has 0 radical (unpaired) electrons. The van der Waals surface area contributed by atoms with Gasteiger partial charge in [-0.25, -0.2) is 4.79 Å². The molecular weight excluding hydrogens is 426 g/mol. The van der Waals surface area contributed by atoms with Crippen LogP contribution in [0.5, 0.6) is 0 Å². The van der Waals surface area contributed by atoms with Crippen molar-refractivity contribution in [1.82, 2.24) is 5.32 Å². The lowest BCUT2D eigenvalue weighted by atomic mass is 9.72. The van der Waals surface area contributed by atoms with E-state index >= 15 is 0 Å². The SMILES string of the molecule is CCOC(=O)C1=C(C)NC2=C(C(=O)C[C@@H](c3ccccc3)C2)[C@H]1c1cc(C)sc1SC. The Bertz CT molecular complexity index is 1080. The Morgan fingerprint density at radius 3 is 2.65 bits per heavy atom. The minimum Gasteiger partial charge on any atom is -0.463 e. The maximum atomic E-state index is 13.6. The van der Waals surface area contributed by atoms with Crippen LogP contribution >= 0.6 is 23.1 Å². The summed E-state index contributed by atoms with van der Waals surface area (Å²) in [4.78, 5) is 27.7. The van der Waals surface area contributed by atoms with Gasteiger partial charge in [0.25, 0.3) is 0 Å². The first-order valence-electron chi connectivity index (χ1n) is 10.5. The quantitative estimate of drug-likeness (QED) is 0.465. The molecule has 1 aliphatic heterocycles. The molecular formula is C25H27NO3S2. The normalized spacial score (nSPS) is 21.1. The van der Waals surface area contributed by atoms with Crippen LogP contribution in [0, 0.1) is 6.92 Å². The van der Waals surface area contributed by atoms with E-state index < -0.39 is 0 Å². The Morgan fingerprint density at radius 2 is 1.97 bits per heavy atom. The van der Waals surface area contributed by atoms with Crippen LogP contribution in [0.15, 0.2) is 63.1 Å². The van der Waals surface area contributed by atoms with Crippen molar-refractivity contribution in [3.05, 3.63) is 74.9 Å². The molecule has 2 heterocycles. The lowest BCUT2D eigenvalue weighted by Gasteiger charge is -2.36. The lowest BCUT2D eigenvalue weighted by molar-refractivity contribution is -0.138. The highest BCUT2D eigenvalue weighted by Gasteiger charge is 2.42. The Morgan fingerprint density at radius 1 is 1.23 bits per heavy atom. The summed E-state index contributed by atoms with van der Waals surface area (Å²) in [6, 6.07) is 12.3. The fourth-order valence-corrected chi connectivity index (χ4v) is 6.58. The van der Waals surface area contributed by atoms with E-state index in [1.54, 1.807) is 23.1 Å². The molecule has 1 aromatic carbocycles. The van der Waals surface area contributed by atoms with Crippen LogP contribution in [0.25, 0.3) is 0 Å². The number of Topliss-reactive ketones (excluding diaryl/α,β-unsaturated/α-hetero) is 1. The van der Waals surface area contributed by atoms with Gasteiger partial charge >= 0.3 is 5.97 Å². The molecule has 1 N–H and O–H groups in total. The molecule has 0 amide bonds. The highest BCUT2D eigenvalue weighted by molar-refractivity contribution is 8.00. The number of carbonyl (C=O) groups is 2. The van der Waals surface area contributed by atoms with Gasteiger partial charge in [0.2, 0.25) is 0 Å². The first-order chi connectivity index (χ1) is 14.9. The minimum atomic E-state index is -0.382. The molecule has 0 saturated carbocycles. The number of dihydropyridines is 1. The monoisotopic (exact) mass is 453 g/mol. The summed E-state index contributed by atoms with van der Waals surface area (Å²) >= 11 is 3.37. The maximum Gasteiger partial charge on any atom is 0.336 e. The molecule has 2 atom stereocenters. The molecule has 1 aliphatic carbocycles. The summed E-state index contributed by atoms with van der Waals surface area (Å²) in [5, 5.41) is 3.42. The number of carbonyl (C=O) groups excluding carboxylic acids is 2. The number of rotatable bonds is 5. The number of hydrogen-bond acceptors (Lipinski definition) is 6. The Kier molecular flexibility index (Phi) is 6.39. The average molecular weight is 454 g/mol. The van der Waals surface area contributed by atoms with E-state index in [-0.39, 0.29) is 23.6 Å².